The van der Waals surface area contributed by atoms with Gasteiger partial charge in [-0.1, -0.05) is 0 Å². The molecule has 0 spiro atoms. The molecule has 1 saturated carbocycles. The zero-order chi connectivity index (χ0) is 11.1. The van der Waals surface area contributed by atoms with Gasteiger partial charge in [0.05, 0.1) is 12.6 Å². The van der Waals surface area contributed by atoms with E-state index in [-0.39, 0.29) is 12.6 Å². The fourth-order valence-corrected chi connectivity index (χ4v) is 2.11. The molecule has 15 heavy (non-hydrogen) atoms. The number of aliphatic carboxylic acids is 1. The quantitative estimate of drug-likeness (QED) is 0.667. The van der Waals surface area contributed by atoms with Crippen LogP contribution in [-0.2, 0) is 4.79 Å². The van der Waals surface area contributed by atoms with Crippen LogP contribution in [0.5, 0.6) is 0 Å². The van der Waals surface area contributed by atoms with Crippen LogP contribution >= 0.6 is 0 Å². The zero-order valence-corrected chi connectivity index (χ0v) is 9.04. The molecule has 1 aliphatic rings. The van der Waals surface area contributed by atoms with Gasteiger partial charge in [0.1, 0.15) is 0 Å². The second-order valence-corrected chi connectivity index (χ2v) is 4.30. The van der Waals surface area contributed by atoms with Crippen LogP contribution in [0.25, 0.3) is 0 Å². The van der Waals surface area contributed by atoms with Crippen LogP contribution in [0.15, 0.2) is 0 Å². The number of hydrogen-bond acceptors (Lipinski definition) is 2. The average Bonchev–Trinajstić information content (AvgIpc) is 2.25. The molecule has 0 atom stereocenters. The first-order chi connectivity index (χ1) is 7.24. The van der Waals surface area contributed by atoms with E-state index in [9.17, 15) is 9.18 Å². The highest BCUT2D eigenvalue weighted by Crippen LogP contribution is 2.28. The fraction of sp³-hybridized carbons (Fsp3) is 0.909. The minimum Gasteiger partial charge on any atom is -0.481 e. The lowest BCUT2D eigenvalue weighted by molar-refractivity contribution is -0.143. The van der Waals surface area contributed by atoms with Crippen molar-refractivity contribution in [2.75, 3.05) is 19.8 Å². The molecular formula is C11H20FNO2. The molecule has 1 fully saturated rings. The molecule has 0 aliphatic heterocycles. The molecule has 0 heterocycles. The van der Waals surface area contributed by atoms with Crippen molar-refractivity contribution >= 4 is 5.97 Å². The van der Waals surface area contributed by atoms with Crippen LogP contribution in [0.4, 0.5) is 4.39 Å². The van der Waals surface area contributed by atoms with Crippen LogP contribution < -0.4 is 5.32 Å². The normalized spacial score (nSPS) is 26.5. The Labute approximate surface area is 90.1 Å². The van der Waals surface area contributed by atoms with E-state index in [0.29, 0.717) is 12.3 Å². The maximum Gasteiger partial charge on any atom is 0.306 e. The van der Waals surface area contributed by atoms with Gasteiger partial charge in [0, 0.05) is 0 Å². The lowest BCUT2D eigenvalue weighted by atomic mass is 9.82. The van der Waals surface area contributed by atoms with E-state index in [1.165, 1.54) is 0 Å². The number of alkyl halides is 1. The smallest absolute Gasteiger partial charge is 0.306 e. The van der Waals surface area contributed by atoms with Crippen LogP contribution in [0.2, 0.25) is 0 Å². The van der Waals surface area contributed by atoms with E-state index >= 15 is 0 Å². The Bertz CT molecular complexity index is 191. The van der Waals surface area contributed by atoms with Gasteiger partial charge in [-0.25, -0.2) is 0 Å². The van der Waals surface area contributed by atoms with E-state index < -0.39 is 5.97 Å². The molecule has 1 rings (SSSR count). The minimum atomic E-state index is -0.654. The third-order valence-electron chi connectivity index (χ3n) is 3.12. The first kappa shape index (κ1) is 12.4. The van der Waals surface area contributed by atoms with Gasteiger partial charge in [0.25, 0.3) is 0 Å². The number of hydrogen-bond donors (Lipinski definition) is 2. The Balaban J connectivity index is 2.07. The number of halogens is 1. The predicted molar refractivity (Wildman–Crippen MR) is 56.5 cm³/mol. The van der Waals surface area contributed by atoms with Gasteiger partial charge in [0.15, 0.2) is 0 Å². The number of nitrogens with one attached hydrogen (secondary N) is 1. The van der Waals surface area contributed by atoms with Crippen molar-refractivity contribution in [3.05, 3.63) is 0 Å². The minimum absolute atomic E-state index is 0.132. The molecule has 0 aromatic heterocycles. The van der Waals surface area contributed by atoms with Crippen LogP contribution in [0, 0.1) is 11.8 Å². The Morgan fingerprint density at radius 1 is 1.33 bits per heavy atom. The maximum atomic E-state index is 11.8. The highest BCUT2D eigenvalue weighted by Gasteiger charge is 2.25. The Morgan fingerprint density at radius 2 is 2.00 bits per heavy atom. The van der Waals surface area contributed by atoms with E-state index in [4.69, 9.17) is 5.11 Å². The molecule has 3 nitrogen and oxygen atoms in total. The lowest BCUT2D eigenvalue weighted by Gasteiger charge is -2.26. The summed E-state index contributed by atoms with van der Waals surface area (Å²) in [6, 6.07) is 0. The summed E-state index contributed by atoms with van der Waals surface area (Å²) in [5.74, 6) is -0.203. The lowest BCUT2D eigenvalue weighted by Crippen LogP contribution is -2.29. The molecule has 88 valence electrons. The van der Waals surface area contributed by atoms with Crippen molar-refractivity contribution in [1.29, 1.82) is 0 Å². The summed E-state index contributed by atoms with van der Waals surface area (Å²) in [7, 11) is 0. The van der Waals surface area contributed by atoms with Crippen molar-refractivity contribution in [2.24, 2.45) is 11.8 Å². The molecule has 1 aliphatic carbocycles. The summed E-state index contributed by atoms with van der Waals surface area (Å²) in [5.41, 5.74) is 0. The summed E-state index contributed by atoms with van der Waals surface area (Å²) in [5, 5.41) is 12.0. The van der Waals surface area contributed by atoms with E-state index in [1.807, 2.05) is 0 Å². The molecule has 2 N–H and O–H groups in total. The molecule has 0 radical (unpaired) electrons. The van der Waals surface area contributed by atoms with Gasteiger partial charge in [-0.15, -0.1) is 0 Å². The summed E-state index contributed by atoms with van der Waals surface area (Å²) in [4.78, 5) is 10.7. The number of rotatable bonds is 6. The molecule has 0 unspecified atom stereocenters. The Kier molecular flexibility index (Phi) is 5.61. The fourth-order valence-electron chi connectivity index (χ4n) is 2.11. The molecular weight excluding hydrogens is 197 g/mol. The van der Waals surface area contributed by atoms with Gasteiger partial charge in [-0.05, 0) is 51.1 Å². The largest absolute Gasteiger partial charge is 0.481 e. The third-order valence-corrected chi connectivity index (χ3v) is 3.12. The van der Waals surface area contributed by atoms with Gasteiger partial charge < -0.3 is 10.4 Å². The van der Waals surface area contributed by atoms with Gasteiger partial charge in [-0.2, -0.15) is 0 Å². The Hall–Kier alpha value is -0.640. The third kappa shape index (κ3) is 4.60. The molecule has 0 aromatic rings. The van der Waals surface area contributed by atoms with Crippen molar-refractivity contribution in [1.82, 2.24) is 5.32 Å². The highest BCUT2D eigenvalue weighted by atomic mass is 19.1. The molecule has 0 saturated heterocycles. The number of carboxylic acid groups (broad SMARTS) is 1. The van der Waals surface area contributed by atoms with E-state index in [1.54, 1.807) is 0 Å². The SMILES string of the molecule is O=C(O)C1CCC(CNCCCF)CC1. The predicted octanol–water partition coefficient (Wildman–Crippen LogP) is 1.83. The van der Waals surface area contributed by atoms with Gasteiger partial charge in [0.2, 0.25) is 0 Å². The molecule has 4 heteroatoms. The highest BCUT2D eigenvalue weighted by molar-refractivity contribution is 5.69. The van der Waals surface area contributed by atoms with Gasteiger partial charge >= 0.3 is 5.97 Å². The monoisotopic (exact) mass is 217 g/mol. The summed E-state index contributed by atoms with van der Waals surface area (Å²) in [6.45, 7) is 1.38. The van der Waals surface area contributed by atoms with Crippen molar-refractivity contribution in [3.63, 3.8) is 0 Å². The van der Waals surface area contributed by atoms with Gasteiger partial charge in [-0.3, -0.25) is 9.18 Å². The average molecular weight is 217 g/mol. The van der Waals surface area contributed by atoms with E-state index in [2.05, 4.69) is 5.32 Å². The van der Waals surface area contributed by atoms with Crippen molar-refractivity contribution in [2.45, 2.75) is 32.1 Å². The molecule has 0 aromatic carbocycles. The van der Waals surface area contributed by atoms with E-state index in [0.717, 1.165) is 38.8 Å². The number of carboxylic acids is 1. The molecule has 0 amide bonds. The van der Waals surface area contributed by atoms with Crippen molar-refractivity contribution < 1.29 is 14.3 Å². The summed E-state index contributed by atoms with van der Waals surface area (Å²) in [6.07, 6.45) is 4.14. The van der Waals surface area contributed by atoms with Crippen molar-refractivity contribution in [3.8, 4) is 0 Å². The number of carbonyl (C=O) groups is 1. The molecule has 0 bridgehead atoms. The van der Waals surface area contributed by atoms with Crippen LogP contribution in [0.3, 0.4) is 0 Å². The van der Waals surface area contributed by atoms with Crippen LogP contribution in [-0.4, -0.2) is 30.8 Å². The summed E-state index contributed by atoms with van der Waals surface area (Å²) >= 11 is 0. The summed E-state index contributed by atoms with van der Waals surface area (Å²) < 4.78 is 11.8. The topological polar surface area (TPSA) is 49.3 Å². The maximum absolute atomic E-state index is 11.8. The van der Waals surface area contributed by atoms with Crippen LogP contribution in [0.1, 0.15) is 32.1 Å². The second kappa shape index (κ2) is 6.77. The zero-order valence-electron chi connectivity index (χ0n) is 9.04. The first-order valence-electron chi connectivity index (χ1n) is 5.73. The standard InChI is InChI=1S/C11H20FNO2/c12-6-1-7-13-8-9-2-4-10(5-3-9)11(14)15/h9-10,13H,1-8H2,(H,14,15). The first-order valence-corrected chi connectivity index (χ1v) is 5.73. The second-order valence-electron chi connectivity index (χ2n) is 4.30. The Morgan fingerprint density at radius 3 is 2.53 bits per heavy atom.